The molecule has 2 N–H and O–H groups in total. The first-order valence-electron chi connectivity index (χ1n) is 11.7. The second-order valence-electron chi connectivity index (χ2n) is 10.3. The van der Waals surface area contributed by atoms with Gasteiger partial charge in [0, 0.05) is 17.1 Å². The molecule has 1 amide bonds. The van der Waals surface area contributed by atoms with Crippen LogP contribution in [0.1, 0.15) is 69.2 Å². The highest BCUT2D eigenvalue weighted by atomic mass is 32.1. The van der Waals surface area contributed by atoms with Gasteiger partial charge in [0.05, 0.1) is 0 Å². The molecule has 2 aliphatic rings. The summed E-state index contributed by atoms with van der Waals surface area (Å²) in [5, 5.41) is 13.2. The summed E-state index contributed by atoms with van der Waals surface area (Å²) in [7, 11) is 0. The van der Waals surface area contributed by atoms with Gasteiger partial charge in [-0.3, -0.25) is 10.1 Å². The van der Waals surface area contributed by atoms with Gasteiger partial charge in [-0.15, -0.1) is 11.3 Å². The number of hydrogen-bond acceptors (Lipinski definition) is 6. The van der Waals surface area contributed by atoms with Crippen LogP contribution in [0.2, 0.25) is 0 Å². The van der Waals surface area contributed by atoms with Crippen molar-refractivity contribution < 1.29 is 23.8 Å². The Kier molecular flexibility index (Phi) is 6.96. The summed E-state index contributed by atoms with van der Waals surface area (Å²) in [4.78, 5) is 31.8. The van der Waals surface area contributed by atoms with E-state index in [2.05, 4.69) is 15.2 Å². The Morgan fingerprint density at radius 2 is 1.88 bits per heavy atom. The first-order chi connectivity index (χ1) is 16.1. The van der Waals surface area contributed by atoms with Crippen molar-refractivity contribution in [3.8, 4) is 0 Å². The number of carbonyl (C=O) groups is 2. The Morgan fingerprint density at radius 1 is 1.21 bits per heavy atom. The Labute approximate surface area is 203 Å². The minimum Gasteiger partial charge on any atom is -0.481 e. The molecule has 9 heteroatoms. The number of carboxylic acids is 1. The van der Waals surface area contributed by atoms with Crippen LogP contribution in [-0.2, 0) is 14.9 Å². The standard InChI is InChI=1S/C25H32FN3O4S/c1-24(2,3)33-23(32)28-22-27-15-20(34-22)25(21(30)31)11-8-19(14-25)29-12-9-17(10-13-29)16-4-6-18(26)7-5-16/h4-7,15,17,19H,8-14H2,1-3H3,(H,30,31)(H,27,28,32). The number of thiazole rings is 1. The van der Waals surface area contributed by atoms with Crippen LogP contribution >= 0.6 is 11.3 Å². The average molecular weight is 490 g/mol. The molecular weight excluding hydrogens is 457 g/mol. The fraction of sp³-hybridized carbons (Fsp3) is 0.560. The fourth-order valence-electron chi connectivity index (χ4n) is 5.13. The van der Waals surface area contributed by atoms with Crippen LogP contribution in [0.15, 0.2) is 30.5 Å². The van der Waals surface area contributed by atoms with E-state index in [1.807, 2.05) is 12.1 Å². The number of ether oxygens (including phenoxy) is 1. The summed E-state index contributed by atoms with van der Waals surface area (Å²) < 4.78 is 18.5. The second kappa shape index (κ2) is 9.62. The smallest absolute Gasteiger partial charge is 0.413 e. The lowest BCUT2D eigenvalue weighted by Crippen LogP contribution is -2.42. The Bertz CT molecular complexity index is 1030. The van der Waals surface area contributed by atoms with E-state index in [1.54, 1.807) is 27.0 Å². The number of likely N-dealkylation sites (tertiary alicyclic amines) is 1. The quantitative estimate of drug-likeness (QED) is 0.586. The van der Waals surface area contributed by atoms with E-state index in [4.69, 9.17) is 4.74 Å². The average Bonchev–Trinajstić information content (AvgIpc) is 3.41. The third-order valence-corrected chi connectivity index (χ3v) is 7.99. The number of aromatic nitrogens is 1. The van der Waals surface area contributed by atoms with Crippen molar-refractivity contribution in [3.05, 3.63) is 46.7 Å². The molecular formula is C25H32FN3O4S. The van der Waals surface area contributed by atoms with Crippen LogP contribution < -0.4 is 5.32 Å². The molecule has 1 saturated heterocycles. The van der Waals surface area contributed by atoms with Gasteiger partial charge < -0.3 is 14.7 Å². The normalized spacial score (nSPS) is 24.2. The van der Waals surface area contributed by atoms with Crippen molar-refractivity contribution in [2.24, 2.45) is 0 Å². The number of halogens is 1. The highest BCUT2D eigenvalue weighted by Gasteiger charge is 2.50. The van der Waals surface area contributed by atoms with Gasteiger partial charge in [-0.25, -0.2) is 14.2 Å². The van der Waals surface area contributed by atoms with Gasteiger partial charge in [-0.05, 0) is 89.6 Å². The molecule has 2 aromatic rings. The molecule has 2 unspecified atom stereocenters. The lowest BCUT2D eigenvalue weighted by molar-refractivity contribution is -0.143. The van der Waals surface area contributed by atoms with Crippen molar-refractivity contribution in [2.45, 2.75) is 75.9 Å². The Balaban J connectivity index is 1.39. The monoisotopic (exact) mass is 489 g/mol. The number of nitrogens with one attached hydrogen (secondary N) is 1. The molecule has 2 fully saturated rings. The summed E-state index contributed by atoms with van der Waals surface area (Å²) in [5.41, 5.74) is -0.457. The molecule has 1 aromatic heterocycles. The van der Waals surface area contributed by atoms with Gasteiger partial charge in [-0.1, -0.05) is 12.1 Å². The van der Waals surface area contributed by atoms with Gasteiger partial charge in [0.25, 0.3) is 0 Å². The van der Waals surface area contributed by atoms with Crippen LogP contribution in [0, 0.1) is 5.82 Å². The number of nitrogens with zero attached hydrogens (tertiary/aromatic N) is 2. The van der Waals surface area contributed by atoms with E-state index in [1.165, 1.54) is 29.0 Å². The zero-order valence-corrected chi connectivity index (χ0v) is 20.7. The topological polar surface area (TPSA) is 91.8 Å². The first-order valence-corrected chi connectivity index (χ1v) is 12.6. The largest absolute Gasteiger partial charge is 0.481 e. The summed E-state index contributed by atoms with van der Waals surface area (Å²) in [5.74, 6) is -0.654. The summed E-state index contributed by atoms with van der Waals surface area (Å²) >= 11 is 1.21. The molecule has 2 heterocycles. The summed E-state index contributed by atoms with van der Waals surface area (Å²) in [6, 6.07) is 6.96. The zero-order chi connectivity index (χ0) is 24.5. The highest BCUT2D eigenvalue weighted by molar-refractivity contribution is 7.16. The summed E-state index contributed by atoms with van der Waals surface area (Å²) in [6.07, 6.45) is 4.80. The number of carbonyl (C=O) groups excluding carboxylic acids is 1. The molecule has 0 spiro atoms. The molecule has 1 aliphatic heterocycles. The molecule has 184 valence electrons. The molecule has 1 saturated carbocycles. The van der Waals surface area contributed by atoms with E-state index in [0.717, 1.165) is 32.4 Å². The van der Waals surface area contributed by atoms with Crippen molar-refractivity contribution in [1.29, 1.82) is 0 Å². The zero-order valence-electron chi connectivity index (χ0n) is 19.8. The van der Waals surface area contributed by atoms with E-state index in [0.29, 0.717) is 28.8 Å². The fourth-order valence-corrected chi connectivity index (χ4v) is 6.15. The van der Waals surface area contributed by atoms with E-state index in [-0.39, 0.29) is 11.9 Å². The maximum atomic E-state index is 13.2. The predicted octanol–water partition coefficient (Wildman–Crippen LogP) is 5.38. The minimum absolute atomic E-state index is 0.189. The predicted molar refractivity (Wildman–Crippen MR) is 129 cm³/mol. The number of carboxylic acid groups (broad SMARTS) is 1. The van der Waals surface area contributed by atoms with Crippen molar-refractivity contribution in [2.75, 3.05) is 18.4 Å². The molecule has 7 nitrogen and oxygen atoms in total. The summed E-state index contributed by atoms with van der Waals surface area (Å²) in [6.45, 7) is 7.13. The van der Waals surface area contributed by atoms with Gasteiger partial charge in [0.1, 0.15) is 16.8 Å². The van der Waals surface area contributed by atoms with Crippen LogP contribution in [0.25, 0.3) is 0 Å². The van der Waals surface area contributed by atoms with Gasteiger partial charge >= 0.3 is 12.1 Å². The molecule has 34 heavy (non-hydrogen) atoms. The third kappa shape index (κ3) is 5.41. The molecule has 0 radical (unpaired) electrons. The second-order valence-corrected chi connectivity index (χ2v) is 11.3. The maximum absolute atomic E-state index is 13.2. The van der Waals surface area contributed by atoms with Crippen molar-refractivity contribution in [3.63, 3.8) is 0 Å². The molecule has 4 rings (SSSR count). The number of piperidine rings is 1. The van der Waals surface area contributed by atoms with Gasteiger partial charge in [0.2, 0.25) is 0 Å². The Hall–Kier alpha value is -2.52. The molecule has 1 aliphatic carbocycles. The van der Waals surface area contributed by atoms with Gasteiger partial charge in [-0.2, -0.15) is 0 Å². The minimum atomic E-state index is -0.996. The lowest BCUT2D eigenvalue weighted by Gasteiger charge is -2.37. The van der Waals surface area contributed by atoms with Crippen LogP contribution in [0.3, 0.4) is 0 Å². The number of hydrogen-bond donors (Lipinski definition) is 2. The molecule has 1 aromatic carbocycles. The van der Waals surface area contributed by atoms with E-state index >= 15 is 0 Å². The maximum Gasteiger partial charge on any atom is 0.413 e. The number of aliphatic carboxylic acids is 1. The number of benzene rings is 1. The number of amides is 1. The molecule has 2 atom stereocenters. The lowest BCUT2D eigenvalue weighted by atomic mass is 9.84. The number of rotatable bonds is 5. The van der Waals surface area contributed by atoms with E-state index in [9.17, 15) is 19.1 Å². The van der Waals surface area contributed by atoms with E-state index < -0.39 is 23.1 Å². The number of anilines is 1. The first kappa shape index (κ1) is 24.6. The van der Waals surface area contributed by atoms with Crippen molar-refractivity contribution >= 4 is 28.5 Å². The highest BCUT2D eigenvalue weighted by Crippen LogP contribution is 2.47. The van der Waals surface area contributed by atoms with Crippen molar-refractivity contribution in [1.82, 2.24) is 9.88 Å². The molecule has 0 bridgehead atoms. The van der Waals surface area contributed by atoms with Crippen LogP contribution in [0.5, 0.6) is 0 Å². The Morgan fingerprint density at radius 3 is 2.50 bits per heavy atom. The van der Waals surface area contributed by atoms with Gasteiger partial charge in [0.15, 0.2) is 5.13 Å². The van der Waals surface area contributed by atoms with Crippen LogP contribution in [-0.4, -0.2) is 51.8 Å². The van der Waals surface area contributed by atoms with Crippen LogP contribution in [0.4, 0.5) is 14.3 Å². The SMILES string of the molecule is CC(C)(C)OC(=O)Nc1ncc(C2(C(=O)O)CCC(N3CCC(c4ccc(F)cc4)CC3)C2)s1. The third-order valence-electron chi connectivity index (χ3n) is 6.87.